The predicted octanol–water partition coefficient (Wildman–Crippen LogP) is 3.71. The van der Waals surface area contributed by atoms with E-state index in [0.717, 1.165) is 62.0 Å². The topological polar surface area (TPSA) is 97.9 Å². The summed E-state index contributed by atoms with van der Waals surface area (Å²) in [5.74, 6) is 0.564. The molecular formula is C27H32N6O4S. The normalized spacial score (nSPS) is 20.0. The molecule has 2 unspecified atom stereocenters. The number of nitrogens with zero attached hydrogens (tertiary/aromatic N) is 5. The molecule has 2 aliphatic rings. The van der Waals surface area contributed by atoms with Crippen molar-refractivity contribution in [2.24, 2.45) is 0 Å². The monoisotopic (exact) mass is 536 g/mol. The predicted molar refractivity (Wildman–Crippen MR) is 148 cm³/mol. The lowest BCUT2D eigenvalue weighted by molar-refractivity contribution is -0.384. The largest absolute Gasteiger partial charge is 0.495 e. The Morgan fingerprint density at radius 2 is 1.97 bits per heavy atom. The molecule has 200 valence electrons. The van der Waals surface area contributed by atoms with Crippen LogP contribution in [0.4, 0.5) is 5.69 Å². The molecule has 4 heterocycles. The van der Waals surface area contributed by atoms with Gasteiger partial charge in [0.05, 0.1) is 48.7 Å². The average Bonchev–Trinajstić information content (AvgIpc) is 3.42. The number of hydrogen-bond acceptors (Lipinski definition) is 7. The zero-order valence-electron chi connectivity index (χ0n) is 21.8. The van der Waals surface area contributed by atoms with E-state index in [0.29, 0.717) is 16.5 Å². The second-order valence-electron chi connectivity index (χ2n) is 9.55. The minimum absolute atomic E-state index is 0.0112. The van der Waals surface area contributed by atoms with Gasteiger partial charge >= 0.3 is 0 Å². The minimum atomic E-state index is -0.387. The molecule has 1 N–H and O–H groups in total. The van der Waals surface area contributed by atoms with E-state index < -0.39 is 0 Å². The van der Waals surface area contributed by atoms with E-state index in [-0.39, 0.29) is 22.7 Å². The van der Waals surface area contributed by atoms with Crippen LogP contribution in [0.1, 0.15) is 34.7 Å². The first-order chi connectivity index (χ1) is 18.4. The van der Waals surface area contributed by atoms with E-state index in [9.17, 15) is 10.1 Å². The molecule has 2 fully saturated rings. The van der Waals surface area contributed by atoms with Crippen molar-refractivity contribution < 1.29 is 14.4 Å². The molecule has 0 radical (unpaired) electrons. The van der Waals surface area contributed by atoms with Crippen LogP contribution in [-0.4, -0.2) is 75.9 Å². The van der Waals surface area contributed by atoms with Crippen LogP contribution in [-0.2, 0) is 4.74 Å². The molecule has 0 aliphatic carbocycles. The first kappa shape index (κ1) is 26.1. The fraction of sp³-hybridized carbons (Fsp3) is 0.407. The highest BCUT2D eigenvalue weighted by Gasteiger charge is 2.41. The van der Waals surface area contributed by atoms with Gasteiger partial charge in [-0.1, -0.05) is 6.07 Å². The van der Waals surface area contributed by atoms with Gasteiger partial charge in [-0.2, -0.15) is 0 Å². The highest BCUT2D eigenvalue weighted by Crippen LogP contribution is 2.42. The van der Waals surface area contributed by atoms with Gasteiger partial charge in [-0.05, 0) is 55.9 Å². The molecule has 10 nitrogen and oxygen atoms in total. The summed E-state index contributed by atoms with van der Waals surface area (Å²) in [5.41, 5.74) is 4.55. The van der Waals surface area contributed by atoms with E-state index in [1.54, 1.807) is 25.4 Å². The summed E-state index contributed by atoms with van der Waals surface area (Å²) in [7, 11) is 1.57. The maximum absolute atomic E-state index is 11.6. The highest BCUT2D eigenvalue weighted by molar-refractivity contribution is 7.80. The van der Waals surface area contributed by atoms with Crippen molar-refractivity contribution >= 4 is 23.0 Å². The Kier molecular flexibility index (Phi) is 7.59. The number of rotatable bonds is 8. The lowest BCUT2D eigenvalue weighted by Gasteiger charge is -2.32. The molecule has 2 saturated heterocycles. The molecule has 2 atom stereocenters. The summed E-state index contributed by atoms with van der Waals surface area (Å²) in [6, 6.07) is 12.5. The van der Waals surface area contributed by atoms with Gasteiger partial charge in [0.25, 0.3) is 5.69 Å². The number of methoxy groups -OCH3 is 1. The third-order valence-corrected chi connectivity index (χ3v) is 7.71. The fourth-order valence-corrected chi connectivity index (χ4v) is 5.82. The van der Waals surface area contributed by atoms with E-state index in [4.69, 9.17) is 21.7 Å². The van der Waals surface area contributed by atoms with E-state index in [1.807, 2.05) is 36.6 Å². The van der Waals surface area contributed by atoms with E-state index >= 15 is 0 Å². The molecule has 2 aliphatic heterocycles. The Balaban J connectivity index is 1.57. The first-order valence-corrected chi connectivity index (χ1v) is 13.1. The fourth-order valence-electron chi connectivity index (χ4n) is 5.48. The number of aromatic nitrogens is 2. The van der Waals surface area contributed by atoms with Crippen molar-refractivity contribution in [3.05, 3.63) is 81.4 Å². The maximum Gasteiger partial charge on any atom is 0.271 e. The number of aryl methyl sites for hydroxylation is 1. The van der Waals surface area contributed by atoms with Gasteiger partial charge in [0.15, 0.2) is 5.11 Å². The lowest BCUT2D eigenvalue weighted by Crippen LogP contribution is -2.42. The van der Waals surface area contributed by atoms with Crippen molar-refractivity contribution in [1.82, 2.24) is 24.7 Å². The highest BCUT2D eigenvalue weighted by atomic mass is 32.1. The van der Waals surface area contributed by atoms with Gasteiger partial charge in [-0.15, -0.1) is 0 Å². The third-order valence-electron chi connectivity index (χ3n) is 7.36. The van der Waals surface area contributed by atoms with Gasteiger partial charge < -0.3 is 24.3 Å². The van der Waals surface area contributed by atoms with Gasteiger partial charge in [0.2, 0.25) is 0 Å². The SMILES string of the molecule is COc1ccc([N+](=O)[O-])cc1-n1c(C)cc(C2C(c3ccccn3)NC(=S)N2CCN2CCOCC2)c1C. The van der Waals surface area contributed by atoms with Crippen LogP contribution in [0.2, 0.25) is 0 Å². The summed E-state index contributed by atoms with van der Waals surface area (Å²) in [5, 5.41) is 15.8. The van der Waals surface area contributed by atoms with E-state index in [2.05, 4.69) is 26.2 Å². The second kappa shape index (κ2) is 11.1. The van der Waals surface area contributed by atoms with Gasteiger partial charge in [-0.3, -0.25) is 20.0 Å². The van der Waals surface area contributed by atoms with Crippen molar-refractivity contribution in [3.63, 3.8) is 0 Å². The molecule has 0 amide bonds. The summed E-state index contributed by atoms with van der Waals surface area (Å²) in [4.78, 5) is 20.5. The quantitative estimate of drug-likeness (QED) is 0.262. The Bertz CT molecular complexity index is 1320. The molecule has 11 heteroatoms. The molecule has 38 heavy (non-hydrogen) atoms. The summed E-state index contributed by atoms with van der Waals surface area (Å²) >= 11 is 5.87. The van der Waals surface area contributed by atoms with Crippen molar-refractivity contribution in [3.8, 4) is 11.4 Å². The van der Waals surface area contributed by atoms with Crippen LogP contribution in [0, 0.1) is 24.0 Å². The lowest BCUT2D eigenvalue weighted by atomic mass is 9.96. The van der Waals surface area contributed by atoms with Crippen molar-refractivity contribution in [1.29, 1.82) is 0 Å². The minimum Gasteiger partial charge on any atom is -0.495 e. The number of ether oxygens (including phenoxy) is 2. The number of morpholine rings is 1. The van der Waals surface area contributed by atoms with Crippen LogP contribution < -0.4 is 10.1 Å². The van der Waals surface area contributed by atoms with Gasteiger partial charge in [0.1, 0.15) is 5.75 Å². The van der Waals surface area contributed by atoms with Crippen LogP contribution >= 0.6 is 12.2 Å². The molecule has 0 bridgehead atoms. The maximum atomic E-state index is 11.6. The second-order valence-corrected chi connectivity index (χ2v) is 9.94. The number of nitro groups is 1. The van der Waals surface area contributed by atoms with Crippen molar-refractivity contribution in [2.75, 3.05) is 46.5 Å². The number of thiocarbonyl (C=S) groups is 1. The van der Waals surface area contributed by atoms with Gasteiger partial charge in [-0.25, -0.2) is 0 Å². The first-order valence-electron chi connectivity index (χ1n) is 12.7. The molecule has 0 spiro atoms. The Morgan fingerprint density at radius 3 is 2.66 bits per heavy atom. The van der Waals surface area contributed by atoms with Crippen LogP contribution in [0.3, 0.4) is 0 Å². The smallest absolute Gasteiger partial charge is 0.271 e. The average molecular weight is 537 g/mol. The molecule has 1 aromatic carbocycles. The zero-order valence-corrected chi connectivity index (χ0v) is 22.6. The van der Waals surface area contributed by atoms with E-state index in [1.165, 1.54) is 6.07 Å². The number of nitro benzene ring substituents is 1. The summed E-state index contributed by atoms with van der Waals surface area (Å²) < 4.78 is 13.1. The van der Waals surface area contributed by atoms with Gasteiger partial charge in [0, 0.05) is 55.9 Å². The number of benzene rings is 1. The third kappa shape index (κ3) is 4.96. The molecule has 3 aromatic rings. The van der Waals surface area contributed by atoms with Crippen LogP contribution in [0.25, 0.3) is 5.69 Å². The summed E-state index contributed by atoms with van der Waals surface area (Å²) in [6.45, 7) is 8.97. The summed E-state index contributed by atoms with van der Waals surface area (Å²) in [6.07, 6.45) is 1.80. The van der Waals surface area contributed by atoms with Crippen LogP contribution in [0.15, 0.2) is 48.7 Å². The number of hydrogen-bond donors (Lipinski definition) is 1. The van der Waals surface area contributed by atoms with Crippen LogP contribution in [0.5, 0.6) is 5.75 Å². The van der Waals surface area contributed by atoms with Crippen molar-refractivity contribution in [2.45, 2.75) is 25.9 Å². The Labute approximate surface area is 227 Å². The number of nitrogens with one attached hydrogen (secondary N) is 1. The number of non-ortho nitro benzene ring substituents is 1. The molecule has 5 rings (SSSR count). The molecule has 2 aromatic heterocycles. The molecular weight excluding hydrogens is 504 g/mol. The molecule has 0 saturated carbocycles. The number of pyridine rings is 1. The Morgan fingerprint density at radius 1 is 1.18 bits per heavy atom. The zero-order chi connectivity index (χ0) is 26.8. The standard InChI is InChI=1S/C27H32N6O4S/c1-18-16-21(19(2)32(18)23-17-20(33(34)35)7-8-24(23)36-3)26-25(22-6-4-5-9-28-22)29-27(38)31(26)11-10-30-12-14-37-15-13-30/h4-9,16-17,25-26H,10-15H2,1-3H3,(H,29,38). The Hall–Kier alpha value is -3.54.